The van der Waals surface area contributed by atoms with Gasteiger partial charge in [0.1, 0.15) is 4.60 Å². The zero-order valence-corrected chi connectivity index (χ0v) is 11.6. The Morgan fingerprint density at radius 2 is 2.33 bits per heavy atom. The van der Waals surface area contributed by atoms with E-state index in [2.05, 4.69) is 31.7 Å². The van der Waals surface area contributed by atoms with Crippen molar-refractivity contribution in [2.45, 2.75) is 19.4 Å². The number of hydrogen-bond donors (Lipinski definition) is 3. The van der Waals surface area contributed by atoms with Crippen molar-refractivity contribution < 1.29 is 9.32 Å². The van der Waals surface area contributed by atoms with Gasteiger partial charge in [-0.2, -0.15) is 0 Å². The van der Waals surface area contributed by atoms with Crippen molar-refractivity contribution in [2.24, 2.45) is 11.1 Å². The Hall–Kier alpha value is -0.920. The highest BCUT2D eigenvalue weighted by Crippen LogP contribution is 2.27. The number of hydrogen-bond acceptors (Lipinski definition) is 5. The minimum absolute atomic E-state index is 0.000905. The van der Waals surface area contributed by atoms with Crippen LogP contribution < -0.4 is 16.4 Å². The molecule has 0 aliphatic carbocycles. The lowest BCUT2D eigenvalue weighted by Crippen LogP contribution is -2.51. The monoisotopic (exact) mass is 316 g/mol. The first kappa shape index (κ1) is 13.5. The van der Waals surface area contributed by atoms with Crippen LogP contribution in [0.5, 0.6) is 0 Å². The molecule has 0 spiro atoms. The first-order valence-electron chi connectivity index (χ1n) is 5.96. The molecule has 4 N–H and O–H groups in total. The second-order valence-electron chi connectivity index (χ2n) is 4.53. The summed E-state index contributed by atoms with van der Waals surface area (Å²) in [5, 5.41) is 9.81. The van der Waals surface area contributed by atoms with Crippen molar-refractivity contribution >= 4 is 21.8 Å². The topological polar surface area (TPSA) is 93.2 Å². The molecule has 100 valence electrons. The van der Waals surface area contributed by atoms with E-state index in [0.29, 0.717) is 23.5 Å². The lowest BCUT2D eigenvalue weighted by molar-refractivity contribution is -0.132. The van der Waals surface area contributed by atoms with E-state index in [1.54, 1.807) is 6.07 Å². The van der Waals surface area contributed by atoms with Gasteiger partial charge in [0.15, 0.2) is 5.76 Å². The SMILES string of the molecule is NCC1(C(=O)NCc2cc(Br)no2)CCNCC1. The summed E-state index contributed by atoms with van der Waals surface area (Å²) in [7, 11) is 0. The number of amides is 1. The molecular weight excluding hydrogens is 300 g/mol. The summed E-state index contributed by atoms with van der Waals surface area (Å²) in [6.45, 7) is 2.38. The van der Waals surface area contributed by atoms with Crippen LogP contribution in [0.25, 0.3) is 0 Å². The number of nitrogens with two attached hydrogens (primary N) is 1. The second-order valence-corrected chi connectivity index (χ2v) is 5.35. The number of rotatable bonds is 4. The molecule has 1 saturated heterocycles. The first-order valence-corrected chi connectivity index (χ1v) is 6.76. The minimum Gasteiger partial charge on any atom is -0.358 e. The Morgan fingerprint density at radius 3 is 2.89 bits per heavy atom. The van der Waals surface area contributed by atoms with E-state index in [9.17, 15) is 4.79 Å². The van der Waals surface area contributed by atoms with Gasteiger partial charge in [-0.3, -0.25) is 4.79 Å². The molecule has 1 fully saturated rings. The molecule has 7 heteroatoms. The summed E-state index contributed by atoms with van der Waals surface area (Å²) in [5.41, 5.74) is 5.34. The van der Waals surface area contributed by atoms with Gasteiger partial charge >= 0.3 is 0 Å². The normalized spacial score (nSPS) is 18.6. The number of piperidine rings is 1. The van der Waals surface area contributed by atoms with Crippen molar-refractivity contribution in [3.05, 3.63) is 16.4 Å². The van der Waals surface area contributed by atoms with Gasteiger partial charge in [0, 0.05) is 12.6 Å². The second kappa shape index (κ2) is 5.81. The zero-order valence-electron chi connectivity index (χ0n) is 10.0. The van der Waals surface area contributed by atoms with Gasteiger partial charge in [0.2, 0.25) is 5.91 Å². The predicted molar refractivity (Wildman–Crippen MR) is 69.6 cm³/mol. The molecule has 1 aromatic rings. The average molecular weight is 317 g/mol. The molecule has 1 amide bonds. The lowest BCUT2D eigenvalue weighted by Gasteiger charge is -2.34. The maximum Gasteiger partial charge on any atom is 0.227 e. The third-order valence-corrected chi connectivity index (χ3v) is 3.76. The van der Waals surface area contributed by atoms with E-state index >= 15 is 0 Å². The molecule has 0 atom stereocenters. The molecule has 0 saturated carbocycles. The maximum absolute atomic E-state index is 12.2. The van der Waals surface area contributed by atoms with E-state index in [1.165, 1.54) is 0 Å². The molecule has 0 bridgehead atoms. The van der Waals surface area contributed by atoms with Crippen LogP contribution in [0.3, 0.4) is 0 Å². The number of carbonyl (C=O) groups is 1. The van der Waals surface area contributed by atoms with Gasteiger partial charge in [-0.15, -0.1) is 0 Å². The predicted octanol–water partition coefficient (Wildman–Crippen LogP) is 0.382. The van der Waals surface area contributed by atoms with E-state index in [4.69, 9.17) is 10.3 Å². The summed E-state index contributed by atoms with van der Waals surface area (Å²) < 4.78 is 5.64. The largest absolute Gasteiger partial charge is 0.358 e. The molecular formula is C11H17BrN4O2. The van der Waals surface area contributed by atoms with Crippen molar-refractivity contribution in [1.82, 2.24) is 15.8 Å². The van der Waals surface area contributed by atoms with Crippen molar-refractivity contribution in [3.8, 4) is 0 Å². The Labute approximate surface area is 114 Å². The highest BCUT2D eigenvalue weighted by molar-refractivity contribution is 9.10. The van der Waals surface area contributed by atoms with Crippen LogP contribution in [0.4, 0.5) is 0 Å². The van der Waals surface area contributed by atoms with Crippen LogP contribution in [-0.2, 0) is 11.3 Å². The molecule has 6 nitrogen and oxygen atoms in total. The van der Waals surface area contributed by atoms with E-state index in [1.807, 2.05) is 0 Å². The fourth-order valence-corrected chi connectivity index (χ4v) is 2.48. The van der Waals surface area contributed by atoms with Crippen molar-refractivity contribution in [3.63, 3.8) is 0 Å². The van der Waals surface area contributed by atoms with E-state index < -0.39 is 5.41 Å². The molecule has 1 aliphatic rings. The van der Waals surface area contributed by atoms with Crippen LogP contribution in [-0.4, -0.2) is 30.7 Å². The number of nitrogens with zero attached hydrogens (tertiary/aromatic N) is 1. The van der Waals surface area contributed by atoms with Crippen LogP contribution in [0.1, 0.15) is 18.6 Å². The van der Waals surface area contributed by atoms with Gasteiger partial charge in [-0.05, 0) is 41.9 Å². The van der Waals surface area contributed by atoms with Crippen LogP contribution in [0, 0.1) is 5.41 Å². The Morgan fingerprint density at radius 1 is 1.61 bits per heavy atom. The number of halogens is 1. The summed E-state index contributed by atoms with van der Waals surface area (Å²) >= 11 is 3.19. The number of aromatic nitrogens is 1. The molecule has 1 aliphatic heterocycles. The third-order valence-electron chi connectivity index (χ3n) is 3.39. The van der Waals surface area contributed by atoms with Crippen molar-refractivity contribution in [2.75, 3.05) is 19.6 Å². The van der Waals surface area contributed by atoms with Gasteiger partial charge < -0.3 is 20.9 Å². The van der Waals surface area contributed by atoms with Gasteiger partial charge in [0.05, 0.1) is 12.0 Å². The summed E-state index contributed by atoms with van der Waals surface area (Å²) in [4.78, 5) is 12.2. The lowest BCUT2D eigenvalue weighted by atomic mass is 9.78. The molecule has 2 rings (SSSR count). The Kier molecular flexibility index (Phi) is 4.36. The van der Waals surface area contributed by atoms with Crippen LogP contribution >= 0.6 is 15.9 Å². The zero-order chi connectivity index (χ0) is 13.0. The summed E-state index contributed by atoms with van der Waals surface area (Å²) in [5.74, 6) is 0.621. The molecule has 0 radical (unpaired) electrons. The first-order chi connectivity index (χ1) is 8.66. The summed E-state index contributed by atoms with van der Waals surface area (Å²) in [6, 6.07) is 1.73. The fraction of sp³-hybridized carbons (Fsp3) is 0.636. The fourth-order valence-electron chi connectivity index (χ4n) is 2.16. The highest BCUT2D eigenvalue weighted by atomic mass is 79.9. The van der Waals surface area contributed by atoms with Gasteiger partial charge in [-0.1, -0.05) is 5.16 Å². The molecule has 1 aromatic heterocycles. The number of nitrogens with one attached hydrogen (secondary N) is 2. The smallest absolute Gasteiger partial charge is 0.227 e. The highest BCUT2D eigenvalue weighted by Gasteiger charge is 2.38. The van der Waals surface area contributed by atoms with E-state index in [-0.39, 0.29) is 5.91 Å². The summed E-state index contributed by atoms with van der Waals surface area (Å²) in [6.07, 6.45) is 1.55. The minimum atomic E-state index is -0.442. The van der Waals surface area contributed by atoms with Gasteiger partial charge in [-0.25, -0.2) is 0 Å². The third kappa shape index (κ3) is 2.90. The Bertz CT molecular complexity index is 415. The van der Waals surface area contributed by atoms with Gasteiger partial charge in [0.25, 0.3) is 0 Å². The standard InChI is InChI=1S/C11H17BrN4O2/c12-9-5-8(18-16-9)6-15-10(17)11(7-13)1-3-14-4-2-11/h5,14H,1-4,6-7,13H2,(H,15,17). The number of carbonyl (C=O) groups excluding carboxylic acids is 1. The van der Waals surface area contributed by atoms with E-state index in [0.717, 1.165) is 25.9 Å². The molecule has 0 aromatic carbocycles. The van der Waals surface area contributed by atoms with Crippen molar-refractivity contribution in [1.29, 1.82) is 0 Å². The maximum atomic E-state index is 12.2. The quantitative estimate of drug-likeness (QED) is 0.747. The molecule has 0 unspecified atom stereocenters. The molecule has 18 heavy (non-hydrogen) atoms. The molecule has 2 heterocycles. The van der Waals surface area contributed by atoms with Crippen LogP contribution in [0.15, 0.2) is 15.2 Å². The van der Waals surface area contributed by atoms with Crippen LogP contribution in [0.2, 0.25) is 0 Å². The Balaban J connectivity index is 1.93. The average Bonchev–Trinajstić information content (AvgIpc) is 2.82.